The van der Waals surface area contributed by atoms with Crippen LogP contribution < -0.4 is 4.74 Å². The highest BCUT2D eigenvalue weighted by Gasteiger charge is 2.28. The van der Waals surface area contributed by atoms with Crippen LogP contribution in [0.4, 0.5) is 5.69 Å². The number of hydrogen-bond acceptors (Lipinski definition) is 6. The monoisotopic (exact) mass is 366 g/mol. The Morgan fingerprint density at radius 1 is 1.22 bits per heavy atom. The van der Waals surface area contributed by atoms with Gasteiger partial charge < -0.3 is 4.74 Å². The molecule has 27 heavy (non-hydrogen) atoms. The average molecular weight is 366 g/mol. The Balaban J connectivity index is 1.64. The number of fused-ring (bicyclic) bond motifs is 1. The van der Waals surface area contributed by atoms with Crippen molar-refractivity contribution in [2.24, 2.45) is 10.9 Å². The van der Waals surface area contributed by atoms with E-state index >= 15 is 0 Å². The summed E-state index contributed by atoms with van der Waals surface area (Å²) >= 11 is 0. The van der Waals surface area contributed by atoms with Crippen molar-refractivity contribution < 1.29 is 14.3 Å². The zero-order chi connectivity index (χ0) is 18.8. The molecule has 0 saturated carbocycles. The Hall–Kier alpha value is -2.80. The van der Waals surface area contributed by atoms with Crippen molar-refractivity contribution in [2.45, 2.75) is 19.8 Å². The van der Waals surface area contributed by atoms with Gasteiger partial charge >= 0.3 is 0 Å². The minimum Gasteiger partial charge on any atom is -0.474 e. The Labute approximate surface area is 157 Å². The molecule has 7 heteroatoms. The summed E-state index contributed by atoms with van der Waals surface area (Å²) < 4.78 is 7.62. The third-order valence-corrected chi connectivity index (χ3v) is 5.04. The van der Waals surface area contributed by atoms with Gasteiger partial charge in [0.2, 0.25) is 0 Å². The van der Waals surface area contributed by atoms with Crippen LogP contribution in [0.15, 0.2) is 41.5 Å². The third kappa shape index (κ3) is 3.55. The van der Waals surface area contributed by atoms with E-state index in [0.717, 1.165) is 25.2 Å². The number of pyridine rings is 1. The van der Waals surface area contributed by atoms with Gasteiger partial charge in [0, 0.05) is 12.7 Å². The van der Waals surface area contributed by atoms with Crippen LogP contribution in [0.1, 0.15) is 19.8 Å². The summed E-state index contributed by atoms with van der Waals surface area (Å²) in [5.41, 5.74) is 1.53. The molecule has 7 nitrogen and oxygen atoms in total. The van der Waals surface area contributed by atoms with Crippen LogP contribution in [0.3, 0.4) is 0 Å². The molecule has 1 fully saturated rings. The van der Waals surface area contributed by atoms with E-state index in [-0.39, 0.29) is 17.3 Å². The predicted molar refractivity (Wildman–Crippen MR) is 102 cm³/mol. The van der Waals surface area contributed by atoms with Crippen LogP contribution in [-0.4, -0.2) is 58.0 Å². The number of aliphatic imine (C=N–C) groups is 1. The molecule has 2 aromatic heterocycles. The number of nitrogens with zero attached hydrogens (tertiary/aromatic N) is 4. The maximum Gasteiger partial charge on any atom is 0.260 e. The Bertz CT molecular complexity index is 938. The van der Waals surface area contributed by atoms with Crippen molar-refractivity contribution in [3.8, 4) is 5.88 Å². The van der Waals surface area contributed by atoms with Gasteiger partial charge in [-0.3, -0.25) is 14.5 Å². The van der Waals surface area contributed by atoms with Crippen LogP contribution in [0.25, 0.3) is 5.52 Å². The molecular formula is C20H22N4O3. The summed E-state index contributed by atoms with van der Waals surface area (Å²) in [5.74, 6) is -0.768. The van der Waals surface area contributed by atoms with Gasteiger partial charge in [-0.25, -0.2) is 9.51 Å². The van der Waals surface area contributed by atoms with Gasteiger partial charge in [-0.2, -0.15) is 0 Å². The molecule has 0 aromatic carbocycles. The standard InChI is InChI=1S/C20H22N4O3/c1-14-17(25)8-7-15(19(14)26)21-18-16-6-2-3-11-24(16)22-20(18)27-13-12-23-9-4-5-10-23/h2-3,6-8,11,14H,4-5,9-10,12-13H2,1H3. The highest BCUT2D eigenvalue weighted by Crippen LogP contribution is 2.32. The molecule has 1 saturated heterocycles. The molecule has 140 valence electrons. The molecule has 3 heterocycles. The molecule has 1 aliphatic heterocycles. The molecule has 1 atom stereocenters. The Morgan fingerprint density at radius 3 is 2.85 bits per heavy atom. The van der Waals surface area contributed by atoms with Crippen molar-refractivity contribution >= 4 is 28.5 Å². The molecule has 2 aliphatic rings. The molecular weight excluding hydrogens is 344 g/mol. The summed E-state index contributed by atoms with van der Waals surface area (Å²) in [6.07, 6.45) is 7.17. The number of carbonyl (C=O) groups excluding carboxylic acids is 2. The Morgan fingerprint density at radius 2 is 2.04 bits per heavy atom. The number of ketones is 2. The van der Waals surface area contributed by atoms with Gasteiger partial charge in [-0.15, -0.1) is 5.10 Å². The largest absolute Gasteiger partial charge is 0.474 e. The van der Waals surface area contributed by atoms with E-state index in [2.05, 4.69) is 15.0 Å². The number of ether oxygens (including phenoxy) is 1. The number of rotatable bonds is 5. The number of Topliss-reactive ketones (excluding diaryl/α,β-unsaturated/α-hetero) is 1. The minimum absolute atomic E-state index is 0.194. The van der Waals surface area contributed by atoms with Gasteiger partial charge in [0.05, 0.1) is 11.4 Å². The maximum atomic E-state index is 12.4. The SMILES string of the molecule is CC1C(=O)C=CC(=Nc2c(OCCN3CCCC3)nn3ccccc23)C1=O. The number of carbonyl (C=O) groups is 2. The van der Waals surface area contributed by atoms with Crippen LogP contribution in [0.5, 0.6) is 5.88 Å². The Kier molecular flexibility index (Phi) is 4.85. The maximum absolute atomic E-state index is 12.4. The zero-order valence-electron chi connectivity index (χ0n) is 15.3. The summed E-state index contributed by atoms with van der Waals surface area (Å²) in [6, 6.07) is 5.64. The van der Waals surface area contributed by atoms with Crippen molar-refractivity contribution in [1.29, 1.82) is 0 Å². The molecule has 0 radical (unpaired) electrons. The lowest BCUT2D eigenvalue weighted by Gasteiger charge is -2.14. The van der Waals surface area contributed by atoms with Crippen LogP contribution in [0.2, 0.25) is 0 Å². The molecule has 1 unspecified atom stereocenters. The van der Waals surface area contributed by atoms with E-state index in [9.17, 15) is 9.59 Å². The summed E-state index contributed by atoms with van der Waals surface area (Å²) in [4.78, 5) is 31.0. The highest BCUT2D eigenvalue weighted by atomic mass is 16.5. The quantitative estimate of drug-likeness (QED) is 0.759. The normalized spacial score (nSPS) is 22.3. The van der Waals surface area contributed by atoms with E-state index in [1.807, 2.05) is 24.4 Å². The fourth-order valence-corrected chi connectivity index (χ4v) is 3.40. The van der Waals surface area contributed by atoms with Crippen molar-refractivity contribution in [3.63, 3.8) is 0 Å². The van der Waals surface area contributed by atoms with Crippen LogP contribution >= 0.6 is 0 Å². The van der Waals surface area contributed by atoms with Crippen LogP contribution in [-0.2, 0) is 9.59 Å². The number of likely N-dealkylation sites (tertiary alicyclic amines) is 1. The summed E-state index contributed by atoms with van der Waals surface area (Å²) in [5, 5.41) is 4.47. The lowest BCUT2D eigenvalue weighted by Crippen LogP contribution is -2.29. The first-order chi connectivity index (χ1) is 13.1. The molecule has 4 rings (SSSR count). The topological polar surface area (TPSA) is 76.3 Å². The second-order valence-electron chi connectivity index (χ2n) is 6.90. The number of hydrogen-bond donors (Lipinski definition) is 0. The van der Waals surface area contributed by atoms with E-state index in [1.165, 1.54) is 25.0 Å². The lowest BCUT2D eigenvalue weighted by atomic mass is 9.92. The van der Waals surface area contributed by atoms with Crippen molar-refractivity contribution in [3.05, 3.63) is 36.5 Å². The number of allylic oxidation sites excluding steroid dienone is 2. The molecule has 1 aliphatic carbocycles. The van der Waals surface area contributed by atoms with Gasteiger partial charge in [0.25, 0.3) is 5.88 Å². The zero-order valence-corrected chi connectivity index (χ0v) is 15.3. The first kappa shape index (κ1) is 17.6. The van der Waals surface area contributed by atoms with E-state index in [1.54, 1.807) is 11.4 Å². The lowest BCUT2D eigenvalue weighted by molar-refractivity contribution is -0.126. The summed E-state index contributed by atoms with van der Waals surface area (Å²) in [6.45, 7) is 5.17. The highest BCUT2D eigenvalue weighted by molar-refractivity contribution is 6.50. The fourth-order valence-electron chi connectivity index (χ4n) is 3.40. The second kappa shape index (κ2) is 7.44. The molecule has 0 spiro atoms. The van der Waals surface area contributed by atoms with Gasteiger partial charge in [0.1, 0.15) is 12.3 Å². The van der Waals surface area contributed by atoms with E-state index in [0.29, 0.717) is 18.2 Å². The summed E-state index contributed by atoms with van der Waals surface area (Å²) in [7, 11) is 0. The first-order valence-corrected chi connectivity index (χ1v) is 9.31. The molecule has 0 N–H and O–H groups in total. The molecule has 0 amide bonds. The van der Waals surface area contributed by atoms with Gasteiger partial charge in [-0.1, -0.05) is 6.07 Å². The first-order valence-electron chi connectivity index (χ1n) is 9.31. The average Bonchev–Trinajstić information content (AvgIpc) is 3.31. The predicted octanol–water partition coefficient (Wildman–Crippen LogP) is 2.23. The molecule has 2 aromatic rings. The molecule has 0 bridgehead atoms. The fraction of sp³-hybridized carbons (Fsp3) is 0.400. The van der Waals surface area contributed by atoms with Gasteiger partial charge in [-0.05, 0) is 57.1 Å². The van der Waals surface area contributed by atoms with Crippen molar-refractivity contribution in [2.75, 3.05) is 26.2 Å². The van der Waals surface area contributed by atoms with E-state index < -0.39 is 5.92 Å². The van der Waals surface area contributed by atoms with Crippen LogP contribution in [0, 0.1) is 5.92 Å². The van der Waals surface area contributed by atoms with Crippen molar-refractivity contribution in [1.82, 2.24) is 14.5 Å². The van der Waals surface area contributed by atoms with Gasteiger partial charge in [0.15, 0.2) is 17.3 Å². The number of aromatic nitrogens is 2. The third-order valence-electron chi connectivity index (χ3n) is 5.04. The smallest absolute Gasteiger partial charge is 0.260 e. The second-order valence-corrected chi connectivity index (χ2v) is 6.90. The minimum atomic E-state index is -0.699. The van der Waals surface area contributed by atoms with E-state index in [4.69, 9.17) is 4.74 Å².